The number of pyridine rings is 2. The van der Waals surface area contributed by atoms with Gasteiger partial charge >= 0.3 is 5.97 Å². The summed E-state index contributed by atoms with van der Waals surface area (Å²) in [6.07, 6.45) is 2.95. The van der Waals surface area contributed by atoms with E-state index < -0.39 is 11.4 Å². The van der Waals surface area contributed by atoms with Gasteiger partial charge in [-0.25, -0.2) is 9.78 Å². The highest BCUT2D eigenvalue weighted by molar-refractivity contribution is 14.1. The Morgan fingerprint density at radius 2 is 2.03 bits per heavy atom. The van der Waals surface area contributed by atoms with Gasteiger partial charge in [-0.3, -0.25) is 4.79 Å². The Labute approximate surface area is 200 Å². The van der Waals surface area contributed by atoms with Crippen LogP contribution in [0.5, 0.6) is 5.75 Å². The maximum Gasteiger partial charge on any atom is 0.341 e. The topological polar surface area (TPSA) is 90.7 Å². The standard InChI is InChI=1S/C22H28ClIN2O5/c1-13-18(21(28)29)15(27)7-8-26(13)17(22(2,3)4)12-14-11-16(19(23)25-20(14)24)31-10-6-9-30-5/h7-8,11,17H,6,9-10,12H2,1-5H3,(H,28,29)/t17-/m0/s1. The first-order chi connectivity index (χ1) is 14.5. The minimum Gasteiger partial charge on any atom is -0.490 e. The van der Waals surface area contributed by atoms with Crippen LogP contribution < -0.4 is 10.2 Å². The second kappa shape index (κ2) is 10.8. The van der Waals surface area contributed by atoms with Gasteiger partial charge in [0, 0.05) is 44.1 Å². The molecule has 0 bridgehead atoms. The summed E-state index contributed by atoms with van der Waals surface area (Å²) >= 11 is 8.42. The van der Waals surface area contributed by atoms with Crippen LogP contribution in [0.4, 0.5) is 0 Å². The van der Waals surface area contributed by atoms with Gasteiger partial charge in [-0.2, -0.15) is 0 Å². The third kappa shape index (κ3) is 6.43. The lowest BCUT2D eigenvalue weighted by molar-refractivity contribution is 0.0692. The minimum absolute atomic E-state index is 0.135. The van der Waals surface area contributed by atoms with E-state index in [0.717, 1.165) is 15.7 Å². The van der Waals surface area contributed by atoms with Gasteiger partial charge < -0.3 is 19.1 Å². The van der Waals surface area contributed by atoms with Crippen LogP contribution in [0.2, 0.25) is 5.15 Å². The van der Waals surface area contributed by atoms with Crippen LogP contribution in [0.15, 0.2) is 23.1 Å². The molecule has 0 spiro atoms. The zero-order chi connectivity index (χ0) is 23.3. The van der Waals surface area contributed by atoms with Crippen LogP contribution in [0.3, 0.4) is 0 Å². The number of ether oxygens (including phenoxy) is 2. The van der Waals surface area contributed by atoms with Crippen LogP contribution in [0.1, 0.15) is 54.8 Å². The van der Waals surface area contributed by atoms with Gasteiger partial charge in [0.2, 0.25) is 0 Å². The molecule has 170 valence electrons. The van der Waals surface area contributed by atoms with Crippen LogP contribution in [-0.2, 0) is 11.2 Å². The molecule has 0 saturated carbocycles. The molecule has 0 fully saturated rings. The van der Waals surface area contributed by atoms with E-state index in [2.05, 4.69) is 48.3 Å². The van der Waals surface area contributed by atoms with E-state index in [1.807, 2.05) is 10.6 Å². The molecule has 0 amide bonds. The van der Waals surface area contributed by atoms with Crippen LogP contribution in [0.25, 0.3) is 0 Å². The molecule has 0 saturated heterocycles. The number of halogens is 2. The second-order valence-electron chi connectivity index (χ2n) is 8.36. The van der Waals surface area contributed by atoms with Crippen molar-refractivity contribution in [2.24, 2.45) is 5.41 Å². The predicted molar refractivity (Wildman–Crippen MR) is 129 cm³/mol. The highest BCUT2D eigenvalue weighted by Crippen LogP contribution is 2.37. The largest absolute Gasteiger partial charge is 0.490 e. The molecule has 0 aliphatic carbocycles. The number of carboxylic acid groups (broad SMARTS) is 1. The molecule has 0 radical (unpaired) electrons. The molecule has 1 N–H and O–H groups in total. The average molecular weight is 563 g/mol. The van der Waals surface area contributed by atoms with E-state index >= 15 is 0 Å². The normalized spacial score (nSPS) is 12.6. The number of methoxy groups -OCH3 is 1. The molecular formula is C22H28ClIN2O5. The summed E-state index contributed by atoms with van der Waals surface area (Å²) in [4.78, 5) is 28.2. The van der Waals surface area contributed by atoms with E-state index in [4.69, 9.17) is 21.1 Å². The summed E-state index contributed by atoms with van der Waals surface area (Å²) in [6, 6.07) is 3.06. The molecule has 1 atom stereocenters. The van der Waals surface area contributed by atoms with E-state index in [9.17, 15) is 14.7 Å². The monoisotopic (exact) mass is 562 g/mol. The fraction of sp³-hybridized carbons (Fsp3) is 0.500. The van der Waals surface area contributed by atoms with Gasteiger partial charge in [0.1, 0.15) is 9.26 Å². The lowest BCUT2D eigenvalue weighted by Crippen LogP contribution is -2.31. The number of hydrogen-bond acceptors (Lipinski definition) is 5. The van der Waals surface area contributed by atoms with Crippen LogP contribution in [-0.4, -0.2) is 41.0 Å². The fourth-order valence-corrected chi connectivity index (χ4v) is 4.35. The lowest BCUT2D eigenvalue weighted by atomic mass is 9.82. The third-order valence-electron chi connectivity index (χ3n) is 5.06. The van der Waals surface area contributed by atoms with E-state index in [1.54, 1.807) is 20.2 Å². The first-order valence-electron chi connectivity index (χ1n) is 9.89. The van der Waals surface area contributed by atoms with Gasteiger partial charge in [0.15, 0.2) is 16.3 Å². The summed E-state index contributed by atoms with van der Waals surface area (Å²) < 4.78 is 13.5. The summed E-state index contributed by atoms with van der Waals surface area (Å²) in [5.41, 5.74) is 0.415. The number of aromatic carboxylic acids is 1. The van der Waals surface area contributed by atoms with E-state index in [1.165, 1.54) is 6.07 Å². The second-order valence-corrected chi connectivity index (χ2v) is 9.74. The molecule has 31 heavy (non-hydrogen) atoms. The number of nitrogens with zero attached hydrogens (tertiary/aromatic N) is 2. The fourth-order valence-electron chi connectivity index (χ4n) is 3.40. The first-order valence-corrected chi connectivity index (χ1v) is 11.3. The Morgan fingerprint density at radius 1 is 1.35 bits per heavy atom. The number of carboxylic acids is 1. The molecule has 0 aliphatic heterocycles. The Hall–Kier alpha value is -1.65. The Kier molecular flexibility index (Phi) is 8.91. The summed E-state index contributed by atoms with van der Waals surface area (Å²) in [5.74, 6) is -0.720. The number of aromatic nitrogens is 2. The highest BCUT2D eigenvalue weighted by Gasteiger charge is 2.30. The molecular weight excluding hydrogens is 535 g/mol. The first kappa shape index (κ1) is 25.6. The Bertz CT molecular complexity index is 1000. The van der Waals surface area contributed by atoms with Crippen molar-refractivity contribution in [2.45, 2.75) is 46.6 Å². The van der Waals surface area contributed by atoms with Crippen molar-refractivity contribution in [3.8, 4) is 5.75 Å². The smallest absolute Gasteiger partial charge is 0.341 e. The molecule has 2 aromatic rings. The quantitative estimate of drug-likeness (QED) is 0.269. The molecule has 9 heteroatoms. The van der Waals surface area contributed by atoms with Gasteiger partial charge in [0.25, 0.3) is 0 Å². The van der Waals surface area contributed by atoms with Crippen molar-refractivity contribution in [3.05, 3.63) is 54.2 Å². The van der Waals surface area contributed by atoms with Gasteiger partial charge in [0.05, 0.1) is 6.61 Å². The molecule has 2 heterocycles. The Balaban J connectivity index is 2.46. The summed E-state index contributed by atoms with van der Waals surface area (Å²) in [5, 5.41) is 9.81. The summed E-state index contributed by atoms with van der Waals surface area (Å²) in [7, 11) is 1.64. The van der Waals surface area contributed by atoms with Gasteiger partial charge in [-0.1, -0.05) is 32.4 Å². The van der Waals surface area contributed by atoms with Crippen molar-refractivity contribution in [3.63, 3.8) is 0 Å². The molecule has 2 rings (SSSR count). The highest BCUT2D eigenvalue weighted by atomic mass is 127. The summed E-state index contributed by atoms with van der Waals surface area (Å²) in [6.45, 7) is 8.94. The van der Waals surface area contributed by atoms with Gasteiger partial charge in [-0.15, -0.1) is 0 Å². The number of rotatable bonds is 9. The van der Waals surface area contributed by atoms with E-state index in [-0.39, 0.29) is 17.0 Å². The number of hydrogen-bond donors (Lipinski definition) is 1. The molecule has 0 aromatic carbocycles. The molecule has 0 unspecified atom stereocenters. The number of carbonyl (C=O) groups is 1. The van der Waals surface area contributed by atoms with Crippen molar-refractivity contribution in [1.29, 1.82) is 0 Å². The molecule has 0 aliphatic rings. The van der Waals surface area contributed by atoms with Crippen molar-refractivity contribution >= 4 is 40.2 Å². The van der Waals surface area contributed by atoms with Gasteiger partial charge in [-0.05, 0) is 53.0 Å². The zero-order valence-electron chi connectivity index (χ0n) is 18.4. The Morgan fingerprint density at radius 3 is 2.61 bits per heavy atom. The van der Waals surface area contributed by atoms with Crippen LogP contribution >= 0.6 is 34.2 Å². The predicted octanol–water partition coefficient (Wildman–Crippen LogP) is 4.75. The van der Waals surface area contributed by atoms with Crippen molar-refractivity contribution in [2.75, 3.05) is 20.3 Å². The van der Waals surface area contributed by atoms with Crippen molar-refractivity contribution in [1.82, 2.24) is 9.55 Å². The minimum atomic E-state index is -1.22. The maximum atomic E-state index is 12.1. The molecule has 2 aromatic heterocycles. The maximum absolute atomic E-state index is 12.1. The zero-order valence-corrected chi connectivity index (χ0v) is 21.3. The lowest BCUT2D eigenvalue weighted by Gasteiger charge is -2.35. The van der Waals surface area contributed by atoms with Crippen molar-refractivity contribution < 1.29 is 19.4 Å². The average Bonchev–Trinajstić information content (AvgIpc) is 2.65. The third-order valence-corrected chi connectivity index (χ3v) is 6.27. The van der Waals surface area contributed by atoms with E-state index in [0.29, 0.717) is 36.2 Å². The molecule has 7 nitrogen and oxygen atoms in total. The SMILES string of the molecule is COCCCOc1cc(C[C@H](n2ccc(=O)c(C(=O)O)c2C)C(C)(C)C)c(I)nc1Cl. The van der Waals surface area contributed by atoms with Crippen LogP contribution in [0, 0.1) is 16.0 Å².